The minimum atomic E-state index is -4.45. The Morgan fingerprint density at radius 3 is 2.23 bits per heavy atom. The van der Waals surface area contributed by atoms with E-state index in [-0.39, 0.29) is 40.1 Å². The van der Waals surface area contributed by atoms with Crippen LogP contribution in [-0.2, 0) is 12.0 Å². The molecule has 3 rings (SSSR count). The van der Waals surface area contributed by atoms with Crippen LogP contribution in [0.25, 0.3) is 0 Å². The molecule has 1 aliphatic heterocycles. The zero-order chi connectivity index (χ0) is 18.9. The summed E-state index contributed by atoms with van der Waals surface area (Å²) in [5.74, 6) is 0. The molecule has 0 aliphatic carbocycles. The molecule has 1 fully saturated rings. The highest BCUT2D eigenvalue weighted by Crippen LogP contribution is 2.49. The maximum atomic E-state index is 14.0. The lowest BCUT2D eigenvalue weighted by molar-refractivity contribution is -0.187. The van der Waals surface area contributed by atoms with E-state index in [4.69, 9.17) is 34.8 Å². The van der Waals surface area contributed by atoms with Gasteiger partial charge in [0.25, 0.3) is 0 Å². The van der Waals surface area contributed by atoms with Gasteiger partial charge in [-0.25, -0.2) is 5.01 Å². The van der Waals surface area contributed by atoms with Gasteiger partial charge in [-0.1, -0.05) is 65.1 Å². The van der Waals surface area contributed by atoms with E-state index < -0.39 is 11.6 Å². The minimum absolute atomic E-state index is 0.0217. The first kappa shape index (κ1) is 19.8. The average Bonchev–Trinajstić information content (AvgIpc) is 3.04. The highest BCUT2D eigenvalue weighted by Gasteiger charge is 2.59. The van der Waals surface area contributed by atoms with Crippen molar-refractivity contribution >= 4 is 34.8 Å². The minimum Gasteiger partial charge on any atom is -0.251 e. The topological polar surface area (TPSA) is 15.3 Å². The van der Waals surface area contributed by atoms with Crippen LogP contribution in [0, 0.1) is 0 Å². The van der Waals surface area contributed by atoms with Gasteiger partial charge in [0.2, 0.25) is 0 Å². The van der Waals surface area contributed by atoms with Crippen molar-refractivity contribution in [3.63, 3.8) is 0 Å². The summed E-state index contributed by atoms with van der Waals surface area (Å²) in [6.45, 7) is 0.485. The van der Waals surface area contributed by atoms with E-state index in [0.717, 1.165) is 5.56 Å². The molecule has 0 saturated carbocycles. The summed E-state index contributed by atoms with van der Waals surface area (Å²) >= 11 is 17.8. The van der Waals surface area contributed by atoms with Gasteiger partial charge >= 0.3 is 6.18 Å². The van der Waals surface area contributed by atoms with Crippen molar-refractivity contribution < 1.29 is 13.2 Å². The Bertz CT molecular complexity index is 760. The van der Waals surface area contributed by atoms with Crippen LogP contribution < -0.4 is 5.43 Å². The number of alkyl halides is 3. The summed E-state index contributed by atoms with van der Waals surface area (Å²) in [5.41, 5.74) is 2.06. The zero-order valence-electron chi connectivity index (χ0n) is 13.6. The van der Waals surface area contributed by atoms with Crippen molar-refractivity contribution in [1.82, 2.24) is 10.4 Å². The van der Waals surface area contributed by atoms with Gasteiger partial charge in [-0.2, -0.15) is 13.2 Å². The van der Waals surface area contributed by atoms with E-state index in [9.17, 15) is 13.2 Å². The van der Waals surface area contributed by atoms with Gasteiger partial charge < -0.3 is 0 Å². The fraction of sp³-hybridized carbons (Fsp3) is 0.333. The fourth-order valence-electron chi connectivity index (χ4n) is 3.21. The molecule has 1 heterocycles. The molecule has 0 aromatic heterocycles. The SMILES string of the molecule is FC(F)(F)C1(c2cc(Cl)c(Cl)c(Cl)c2)CCN(NCc2ccccc2)C1. The molecule has 2 aromatic carbocycles. The molecule has 0 amide bonds. The molecule has 1 aliphatic rings. The number of rotatable bonds is 4. The molecule has 1 saturated heterocycles. The summed E-state index contributed by atoms with van der Waals surface area (Å²) in [6, 6.07) is 12.0. The first-order chi connectivity index (χ1) is 12.2. The Labute approximate surface area is 164 Å². The van der Waals surface area contributed by atoms with Crippen molar-refractivity contribution in [2.75, 3.05) is 13.1 Å². The quantitative estimate of drug-likeness (QED) is 0.620. The second kappa shape index (κ2) is 7.56. The van der Waals surface area contributed by atoms with Gasteiger partial charge in [0.15, 0.2) is 0 Å². The Morgan fingerprint density at radius 2 is 1.65 bits per heavy atom. The molecule has 140 valence electrons. The van der Waals surface area contributed by atoms with Gasteiger partial charge in [0.1, 0.15) is 5.41 Å². The lowest BCUT2D eigenvalue weighted by Crippen LogP contribution is -2.47. The van der Waals surface area contributed by atoms with E-state index in [1.54, 1.807) is 5.01 Å². The van der Waals surface area contributed by atoms with Crippen LogP contribution in [0.2, 0.25) is 15.1 Å². The summed E-state index contributed by atoms with van der Waals surface area (Å²) in [5, 5.41) is 1.70. The maximum absolute atomic E-state index is 14.0. The normalized spacial score (nSPS) is 21.3. The van der Waals surface area contributed by atoms with E-state index in [1.165, 1.54) is 12.1 Å². The monoisotopic (exact) mass is 422 g/mol. The Balaban J connectivity index is 1.84. The van der Waals surface area contributed by atoms with E-state index in [1.807, 2.05) is 30.3 Å². The summed E-state index contributed by atoms with van der Waals surface area (Å²) in [6.07, 6.45) is -4.54. The van der Waals surface area contributed by atoms with Crippen LogP contribution in [0.1, 0.15) is 17.5 Å². The van der Waals surface area contributed by atoms with Gasteiger partial charge in [0.05, 0.1) is 15.1 Å². The number of hydrogen-bond acceptors (Lipinski definition) is 2. The lowest BCUT2D eigenvalue weighted by Gasteiger charge is -2.33. The molecule has 0 spiro atoms. The number of nitrogens with zero attached hydrogens (tertiary/aromatic N) is 1. The number of hydrazine groups is 1. The Kier molecular flexibility index (Phi) is 5.75. The zero-order valence-corrected chi connectivity index (χ0v) is 15.9. The highest BCUT2D eigenvalue weighted by atomic mass is 35.5. The molecule has 1 N–H and O–H groups in total. The third-order valence-electron chi connectivity index (χ3n) is 4.70. The molecular weight excluding hydrogens is 408 g/mol. The molecule has 8 heteroatoms. The predicted molar refractivity (Wildman–Crippen MR) is 98.7 cm³/mol. The lowest BCUT2D eigenvalue weighted by atomic mass is 9.79. The molecule has 0 bridgehead atoms. The van der Waals surface area contributed by atoms with Crippen molar-refractivity contribution in [3.05, 3.63) is 68.7 Å². The van der Waals surface area contributed by atoms with Crippen LogP contribution in [-0.4, -0.2) is 24.3 Å². The number of halogens is 6. The summed E-state index contributed by atoms with van der Waals surface area (Å²) in [4.78, 5) is 0. The van der Waals surface area contributed by atoms with Crippen LogP contribution in [0.3, 0.4) is 0 Å². The summed E-state index contributed by atoms with van der Waals surface area (Å²) < 4.78 is 42.1. The molecule has 26 heavy (non-hydrogen) atoms. The van der Waals surface area contributed by atoms with Crippen LogP contribution in [0.5, 0.6) is 0 Å². The number of benzene rings is 2. The third kappa shape index (κ3) is 3.82. The van der Waals surface area contributed by atoms with Crippen molar-refractivity contribution in [3.8, 4) is 0 Å². The standard InChI is InChI=1S/C18H16Cl3F3N2/c19-14-8-13(9-15(20)16(14)21)17(18(22,23)24)6-7-26(11-17)25-10-12-4-2-1-3-5-12/h1-5,8-9,25H,6-7,10-11H2. The van der Waals surface area contributed by atoms with E-state index >= 15 is 0 Å². The van der Waals surface area contributed by atoms with Crippen LogP contribution in [0.15, 0.2) is 42.5 Å². The molecular formula is C18H16Cl3F3N2. The largest absolute Gasteiger partial charge is 0.399 e. The van der Waals surface area contributed by atoms with Crippen LogP contribution >= 0.6 is 34.8 Å². The molecule has 0 radical (unpaired) electrons. The molecule has 2 nitrogen and oxygen atoms in total. The van der Waals surface area contributed by atoms with Crippen molar-refractivity contribution in [2.45, 2.75) is 24.6 Å². The maximum Gasteiger partial charge on any atom is 0.399 e. The second-order valence-corrected chi connectivity index (χ2v) is 7.52. The molecule has 2 aromatic rings. The molecule has 1 unspecified atom stereocenters. The number of hydrogen-bond donors (Lipinski definition) is 1. The highest BCUT2D eigenvalue weighted by molar-refractivity contribution is 6.48. The first-order valence-electron chi connectivity index (χ1n) is 7.97. The smallest absolute Gasteiger partial charge is 0.251 e. The van der Waals surface area contributed by atoms with E-state index in [0.29, 0.717) is 6.54 Å². The van der Waals surface area contributed by atoms with Gasteiger partial charge in [0, 0.05) is 19.6 Å². The van der Waals surface area contributed by atoms with Crippen LogP contribution in [0.4, 0.5) is 13.2 Å². The predicted octanol–water partition coefficient (Wildman–Crippen LogP) is 5.86. The first-order valence-corrected chi connectivity index (χ1v) is 9.10. The van der Waals surface area contributed by atoms with Crippen molar-refractivity contribution in [2.24, 2.45) is 0 Å². The Hall–Kier alpha value is -0.980. The van der Waals surface area contributed by atoms with Crippen molar-refractivity contribution in [1.29, 1.82) is 0 Å². The molecule has 1 atom stereocenters. The fourth-order valence-corrected chi connectivity index (χ4v) is 3.80. The number of nitrogens with one attached hydrogen (secondary N) is 1. The van der Waals surface area contributed by atoms with E-state index in [2.05, 4.69) is 5.43 Å². The third-order valence-corrected chi connectivity index (χ3v) is 5.89. The second-order valence-electron chi connectivity index (χ2n) is 6.33. The van der Waals surface area contributed by atoms with Gasteiger partial charge in [-0.05, 0) is 29.7 Å². The average molecular weight is 424 g/mol. The van der Waals surface area contributed by atoms with Gasteiger partial charge in [-0.3, -0.25) is 5.43 Å². The van der Waals surface area contributed by atoms with Gasteiger partial charge in [-0.15, -0.1) is 0 Å². The Morgan fingerprint density at radius 1 is 1.04 bits per heavy atom. The summed E-state index contributed by atoms with van der Waals surface area (Å²) in [7, 11) is 0.